The van der Waals surface area contributed by atoms with Crippen LogP contribution in [0.5, 0.6) is 0 Å². The second-order valence-corrected chi connectivity index (χ2v) is 5.34. The summed E-state index contributed by atoms with van der Waals surface area (Å²) in [7, 11) is 0. The molecule has 0 saturated heterocycles. The largest absolute Gasteiger partial charge is 0.329 e. The van der Waals surface area contributed by atoms with Crippen molar-refractivity contribution in [2.45, 2.75) is 20.3 Å². The lowest BCUT2D eigenvalue weighted by Crippen LogP contribution is -2.34. The fourth-order valence-corrected chi connectivity index (χ4v) is 2.41. The Kier molecular flexibility index (Phi) is 5.91. The van der Waals surface area contributed by atoms with Gasteiger partial charge >= 0.3 is 0 Å². The average Bonchev–Trinajstić information content (AvgIpc) is 2.66. The second kappa shape index (κ2) is 6.99. The predicted octanol–water partition coefficient (Wildman–Crippen LogP) is 2.21. The highest BCUT2D eigenvalue weighted by Crippen LogP contribution is 2.10. The van der Waals surface area contributed by atoms with E-state index in [4.69, 9.17) is 5.73 Å². The zero-order valence-electron chi connectivity index (χ0n) is 9.78. The summed E-state index contributed by atoms with van der Waals surface area (Å²) in [6.07, 6.45) is 1.16. The van der Waals surface area contributed by atoms with Gasteiger partial charge in [0.25, 0.3) is 0 Å². The van der Waals surface area contributed by atoms with Crippen molar-refractivity contribution in [3.05, 3.63) is 22.4 Å². The van der Waals surface area contributed by atoms with Crippen molar-refractivity contribution >= 4 is 11.3 Å². The van der Waals surface area contributed by atoms with Crippen LogP contribution in [0.25, 0.3) is 0 Å². The number of nitrogens with zero attached hydrogens (tertiary/aromatic N) is 1. The normalized spacial score (nSPS) is 11.5. The van der Waals surface area contributed by atoms with E-state index in [-0.39, 0.29) is 0 Å². The molecule has 0 unspecified atom stereocenters. The first kappa shape index (κ1) is 12.7. The van der Waals surface area contributed by atoms with Crippen molar-refractivity contribution in [2.24, 2.45) is 11.7 Å². The van der Waals surface area contributed by atoms with Gasteiger partial charge in [-0.25, -0.2) is 0 Å². The van der Waals surface area contributed by atoms with E-state index < -0.39 is 0 Å². The van der Waals surface area contributed by atoms with Crippen LogP contribution in [0.2, 0.25) is 0 Å². The van der Waals surface area contributed by atoms with E-state index in [1.807, 2.05) is 11.3 Å². The zero-order chi connectivity index (χ0) is 11.1. The Bertz CT molecular complexity index is 244. The van der Waals surface area contributed by atoms with Crippen LogP contribution in [0.1, 0.15) is 18.7 Å². The molecule has 0 aromatic carbocycles. The minimum atomic E-state index is 0.722. The van der Waals surface area contributed by atoms with Gasteiger partial charge in [-0.1, -0.05) is 19.9 Å². The summed E-state index contributed by atoms with van der Waals surface area (Å²) in [5.74, 6) is 0.722. The van der Waals surface area contributed by atoms with Crippen molar-refractivity contribution < 1.29 is 0 Å². The molecule has 86 valence electrons. The van der Waals surface area contributed by atoms with E-state index in [1.165, 1.54) is 4.88 Å². The third-order valence-corrected chi connectivity index (χ3v) is 3.26. The summed E-state index contributed by atoms with van der Waals surface area (Å²) in [6, 6.07) is 4.33. The molecule has 0 radical (unpaired) electrons. The Labute approximate surface area is 97.1 Å². The molecular weight excluding hydrogens is 204 g/mol. The Morgan fingerprint density at radius 2 is 2.20 bits per heavy atom. The fraction of sp³-hybridized carbons (Fsp3) is 0.667. The quantitative estimate of drug-likeness (QED) is 0.772. The van der Waals surface area contributed by atoms with Crippen LogP contribution in [0, 0.1) is 5.92 Å². The number of hydrogen-bond donors (Lipinski definition) is 1. The maximum absolute atomic E-state index is 5.62. The first-order chi connectivity index (χ1) is 7.22. The molecule has 15 heavy (non-hydrogen) atoms. The molecule has 0 aliphatic rings. The Morgan fingerprint density at radius 3 is 2.73 bits per heavy atom. The van der Waals surface area contributed by atoms with E-state index in [1.54, 1.807) is 0 Å². The molecule has 3 heteroatoms. The molecule has 1 aromatic heterocycles. The third kappa shape index (κ3) is 5.30. The van der Waals surface area contributed by atoms with Crippen LogP contribution < -0.4 is 5.73 Å². The lowest BCUT2D eigenvalue weighted by atomic mass is 10.2. The van der Waals surface area contributed by atoms with Gasteiger partial charge < -0.3 is 10.6 Å². The highest BCUT2D eigenvalue weighted by Gasteiger charge is 2.06. The van der Waals surface area contributed by atoms with Crippen LogP contribution in [-0.4, -0.2) is 31.1 Å². The topological polar surface area (TPSA) is 29.3 Å². The summed E-state index contributed by atoms with van der Waals surface area (Å²) in [4.78, 5) is 3.94. The Morgan fingerprint density at radius 1 is 1.40 bits per heavy atom. The molecule has 0 saturated carbocycles. The molecule has 0 spiro atoms. The van der Waals surface area contributed by atoms with Crippen molar-refractivity contribution in [3.8, 4) is 0 Å². The summed E-state index contributed by atoms with van der Waals surface area (Å²) in [6.45, 7) is 8.59. The van der Waals surface area contributed by atoms with Crippen molar-refractivity contribution in [2.75, 3.05) is 26.2 Å². The highest BCUT2D eigenvalue weighted by atomic mass is 32.1. The van der Waals surface area contributed by atoms with Crippen LogP contribution in [-0.2, 0) is 6.42 Å². The first-order valence-electron chi connectivity index (χ1n) is 5.67. The fourth-order valence-electron chi connectivity index (χ4n) is 1.72. The summed E-state index contributed by atoms with van der Waals surface area (Å²) < 4.78 is 0. The smallest absolute Gasteiger partial charge is 0.0105 e. The predicted molar refractivity (Wildman–Crippen MR) is 68.4 cm³/mol. The van der Waals surface area contributed by atoms with Crippen LogP contribution in [0.15, 0.2) is 17.5 Å². The van der Waals surface area contributed by atoms with Gasteiger partial charge in [-0.3, -0.25) is 0 Å². The maximum atomic E-state index is 5.62. The van der Waals surface area contributed by atoms with Crippen molar-refractivity contribution in [3.63, 3.8) is 0 Å². The summed E-state index contributed by atoms with van der Waals surface area (Å²) in [5, 5.41) is 2.14. The van der Waals surface area contributed by atoms with E-state index in [0.29, 0.717) is 0 Å². The van der Waals surface area contributed by atoms with Gasteiger partial charge in [-0.15, -0.1) is 11.3 Å². The average molecular weight is 226 g/mol. The zero-order valence-corrected chi connectivity index (χ0v) is 10.6. The summed E-state index contributed by atoms with van der Waals surface area (Å²) >= 11 is 1.84. The molecule has 0 bridgehead atoms. The molecule has 1 rings (SSSR count). The molecule has 0 amide bonds. The lowest BCUT2D eigenvalue weighted by molar-refractivity contribution is 0.254. The Hall–Kier alpha value is -0.380. The van der Waals surface area contributed by atoms with Crippen LogP contribution in [0.4, 0.5) is 0 Å². The van der Waals surface area contributed by atoms with Gasteiger partial charge in [-0.05, 0) is 23.8 Å². The number of thiophene rings is 1. The molecule has 1 heterocycles. The molecule has 0 atom stereocenters. The highest BCUT2D eigenvalue weighted by molar-refractivity contribution is 7.09. The van der Waals surface area contributed by atoms with Gasteiger partial charge in [0, 0.05) is 31.1 Å². The number of hydrogen-bond acceptors (Lipinski definition) is 3. The first-order valence-corrected chi connectivity index (χ1v) is 6.55. The molecule has 0 aliphatic carbocycles. The van der Waals surface area contributed by atoms with E-state index in [9.17, 15) is 0 Å². The third-order valence-electron chi connectivity index (χ3n) is 2.32. The van der Waals surface area contributed by atoms with E-state index >= 15 is 0 Å². The lowest BCUT2D eigenvalue weighted by Gasteiger charge is -2.23. The Balaban J connectivity index is 2.30. The standard InChI is InChI=1S/C12H22N2S/c1-11(2)10-14(8-6-13)7-5-12-4-3-9-15-12/h3-4,9,11H,5-8,10,13H2,1-2H3. The van der Waals surface area contributed by atoms with Gasteiger partial charge in [-0.2, -0.15) is 0 Å². The van der Waals surface area contributed by atoms with E-state index in [0.717, 1.165) is 38.5 Å². The molecule has 0 fully saturated rings. The van der Waals surface area contributed by atoms with Crippen molar-refractivity contribution in [1.82, 2.24) is 4.90 Å². The molecule has 0 aliphatic heterocycles. The van der Waals surface area contributed by atoms with Crippen LogP contribution in [0.3, 0.4) is 0 Å². The van der Waals surface area contributed by atoms with Gasteiger partial charge in [0.05, 0.1) is 0 Å². The van der Waals surface area contributed by atoms with Gasteiger partial charge in [0.15, 0.2) is 0 Å². The SMILES string of the molecule is CC(C)CN(CCN)CCc1cccs1. The maximum Gasteiger partial charge on any atom is 0.0105 e. The molecule has 2 nitrogen and oxygen atoms in total. The minimum absolute atomic E-state index is 0.722. The van der Waals surface area contributed by atoms with Gasteiger partial charge in [0.2, 0.25) is 0 Å². The van der Waals surface area contributed by atoms with E-state index in [2.05, 4.69) is 36.3 Å². The molecular formula is C12H22N2S. The van der Waals surface area contributed by atoms with Crippen LogP contribution >= 0.6 is 11.3 Å². The monoisotopic (exact) mass is 226 g/mol. The second-order valence-electron chi connectivity index (χ2n) is 4.31. The molecule has 2 N–H and O–H groups in total. The number of nitrogens with two attached hydrogens (primary N) is 1. The summed E-state index contributed by atoms with van der Waals surface area (Å²) in [5.41, 5.74) is 5.62. The molecule has 1 aromatic rings. The van der Waals surface area contributed by atoms with Gasteiger partial charge in [0.1, 0.15) is 0 Å². The minimum Gasteiger partial charge on any atom is -0.329 e. The number of rotatable bonds is 7. The van der Waals surface area contributed by atoms with Crippen molar-refractivity contribution in [1.29, 1.82) is 0 Å².